The van der Waals surface area contributed by atoms with Crippen LogP contribution in [-0.4, -0.2) is 25.6 Å². The molecule has 2 aromatic rings. The van der Waals surface area contributed by atoms with Crippen molar-refractivity contribution in [2.24, 2.45) is 0 Å². The van der Waals surface area contributed by atoms with E-state index in [1.165, 1.54) is 25.3 Å². The van der Waals surface area contributed by atoms with Crippen LogP contribution in [-0.2, 0) is 4.79 Å². The maximum atomic E-state index is 12.4. The molecule has 0 aliphatic carbocycles. The molecule has 6 nitrogen and oxygen atoms in total. The fourth-order valence-corrected chi connectivity index (χ4v) is 2.04. The number of benzene rings is 2. The average molecular weight is 361 g/mol. The predicted octanol–water partition coefficient (Wildman–Crippen LogP) is 3.69. The van der Waals surface area contributed by atoms with Gasteiger partial charge in [-0.1, -0.05) is 24.3 Å². The number of rotatable bonds is 6. The summed E-state index contributed by atoms with van der Waals surface area (Å²) in [5.41, 5.74) is 1.31. The molecule has 0 unspecified atom stereocenters. The Kier molecular flexibility index (Phi) is 6.67. The molecule has 136 valence electrons. The van der Waals surface area contributed by atoms with E-state index >= 15 is 0 Å². The van der Waals surface area contributed by atoms with Crippen molar-refractivity contribution in [3.8, 4) is 5.75 Å². The Labute approximate surface area is 148 Å². The molecule has 2 aromatic carbocycles. The van der Waals surface area contributed by atoms with Crippen LogP contribution in [0.2, 0.25) is 0 Å². The number of carbonyl (C=O) groups is 2. The number of alkyl halides is 2. The van der Waals surface area contributed by atoms with E-state index in [0.29, 0.717) is 16.9 Å². The second-order valence-corrected chi connectivity index (χ2v) is 5.02. The van der Waals surface area contributed by atoms with Gasteiger partial charge in [0, 0.05) is 30.1 Å². The standard InChI is InChI=1S/C18H17F2N3O3/c1-21-18(25)23-14-7-4-6-13(11-14)22-16(24)10-9-12-5-2-3-8-15(12)26-17(19)20/h2-11,17H,1H3,(H,22,24)(H2,21,23,25)/b10-9+. The van der Waals surface area contributed by atoms with E-state index in [1.54, 1.807) is 42.5 Å². The van der Waals surface area contributed by atoms with Gasteiger partial charge in [-0.15, -0.1) is 0 Å². The molecular formula is C18H17F2N3O3. The lowest BCUT2D eigenvalue weighted by atomic mass is 10.2. The number of hydrogen-bond acceptors (Lipinski definition) is 3. The van der Waals surface area contributed by atoms with Gasteiger partial charge in [0.25, 0.3) is 0 Å². The quantitative estimate of drug-likeness (QED) is 0.687. The zero-order chi connectivity index (χ0) is 18.9. The van der Waals surface area contributed by atoms with Crippen LogP contribution in [0.15, 0.2) is 54.6 Å². The molecule has 2 rings (SSSR count). The number of ether oxygens (including phenoxy) is 1. The van der Waals surface area contributed by atoms with E-state index in [1.807, 2.05) is 0 Å². The number of urea groups is 1. The summed E-state index contributed by atoms with van der Waals surface area (Å²) in [4.78, 5) is 23.3. The van der Waals surface area contributed by atoms with Crippen molar-refractivity contribution in [3.63, 3.8) is 0 Å². The summed E-state index contributed by atoms with van der Waals surface area (Å²) in [5.74, 6) is -0.489. The molecule has 0 aromatic heterocycles. The summed E-state index contributed by atoms with van der Waals surface area (Å²) in [6, 6.07) is 12.3. The third-order valence-electron chi connectivity index (χ3n) is 3.16. The largest absolute Gasteiger partial charge is 0.434 e. The van der Waals surface area contributed by atoms with Gasteiger partial charge in [0.05, 0.1) is 0 Å². The van der Waals surface area contributed by atoms with Crippen LogP contribution in [0.3, 0.4) is 0 Å². The first kappa shape index (κ1) is 18.9. The number of halogens is 2. The first-order valence-electron chi connectivity index (χ1n) is 7.59. The van der Waals surface area contributed by atoms with E-state index in [9.17, 15) is 18.4 Å². The van der Waals surface area contributed by atoms with Crippen molar-refractivity contribution >= 4 is 29.4 Å². The number of anilines is 2. The lowest BCUT2D eigenvalue weighted by molar-refractivity contribution is -0.111. The fourth-order valence-electron chi connectivity index (χ4n) is 2.04. The molecule has 0 bridgehead atoms. The molecule has 0 saturated heterocycles. The second-order valence-electron chi connectivity index (χ2n) is 5.02. The molecule has 0 radical (unpaired) electrons. The molecule has 3 N–H and O–H groups in total. The second kappa shape index (κ2) is 9.16. The van der Waals surface area contributed by atoms with Crippen molar-refractivity contribution in [2.75, 3.05) is 17.7 Å². The van der Waals surface area contributed by atoms with Crippen molar-refractivity contribution in [3.05, 3.63) is 60.2 Å². The monoisotopic (exact) mass is 361 g/mol. The van der Waals surface area contributed by atoms with Gasteiger partial charge in [0.1, 0.15) is 5.75 Å². The first-order chi connectivity index (χ1) is 12.5. The van der Waals surface area contributed by atoms with Crippen molar-refractivity contribution in [1.82, 2.24) is 5.32 Å². The number of carbonyl (C=O) groups excluding carboxylic acids is 2. The van der Waals surface area contributed by atoms with Gasteiger partial charge in [0.15, 0.2) is 0 Å². The van der Waals surface area contributed by atoms with Crippen molar-refractivity contribution in [1.29, 1.82) is 0 Å². The van der Waals surface area contributed by atoms with E-state index < -0.39 is 12.5 Å². The number of para-hydroxylation sites is 1. The highest BCUT2D eigenvalue weighted by Gasteiger charge is 2.07. The van der Waals surface area contributed by atoms with Crippen LogP contribution < -0.4 is 20.7 Å². The fraction of sp³-hybridized carbons (Fsp3) is 0.111. The van der Waals surface area contributed by atoms with Gasteiger partial charge >= 0.3 is 12.6 Å². The van der Waals surface area contributed by atoms with E-state index in [-0.39, 0.29) is 11.8 Å². The van der Waals surface area contributed by atoms with E-state index in [2.05, 4.69) is 20.7 Å². The maximum Gasteiger partial charge on any atom is 0.387 e. The molecule has 8 heteroatoms. The summed E-state index contributed by atoms with van der Waals surface area (Å²) in [6.07, 6.45) is 2.58. The van der Waals surface area contributed by atoms with Crippen LogP contribution in [0.5, 0.6) is 5.75 Å². The van der Waals surface area contributed by atoms with Crippen LogP contribution >= 0.6 is 0 Å². The lowest BCUT2D eigenvalue weighted by Crippen LogP contribution is -2.24. The van der Waals surface area contributed by atoms with Crippen LogP contribution in [0.1, 0.15) is 5.56 Å². The molecule has 0 heterocycles. The van der Waals surface area contributed by atoms with Gasteiger partial charge in [-0.25, -0.2) is 4.79 Å². The topological polar surface area (TPSA) is 79.5 Å². The zero-order valence-electron chi connectivity index (χ0n) is 13.8. The maximum absolute atomic E-state index is 12.4. The van der Waals surface area contributed by atoms with Crippen LogP contribution in [0, 0.1) is 0 Å². The molecule has 0 spiro atoms. The Bertz CT molecular complexity index is 810. The van der Waals surface area contributed by atoms with Gasteiger partial charge in [0.2, 0.25) is 5.91 Å². The average Bonchev–Trinajstić information content (AvgIpc) is 2.60. The summed E-state index contributed by atoms with van der Waals surface area (Å²) < 4.78 is 29.2. The smallest absolute Gasteiger partial charge is 0.387 e. The molecule has 0 aliphatic heterocycles. The van der Waals surface area contributed by atoms with Crippen LogP contribution in [0.25, 0.3) is 6.08 Å². The summed E-state index contributed by atoms with van der Waals surface area (Å²) in [7, 11) is 1.49. The van der Waals surface area contributed by atoms with Crippen molar-refractivity contribution < 1.29 is 23.1 Å². The Morgan fingerprint density at radius 1 is 1.04 bits per heavy atom. The minimum Gasteiger partial charge on any atom is -0.434 e. The SMILES string of the molecule is CNC(=O)Nc1cccc(NC(=O)/C=C/c2ccccc2OC(F)F)c1. The van der Waals surface area contributed by atoms with Crippen molar-refractivity contribution in [2.45, 2.75) is 6.61 Å². The molecule has 0 saturated carbocycles. The summed E-state index contributed by atoms with van der Waals surface area (Å²) >= 11 is 0. The lowest BCUT2D eigenvalue weighted by Gasteiger charge is -2.08. The Hall–Kier alpha value is -3.42. The van der Waals surface area contributed by atoms with E-state index in [0.717, 1.165) is 0 Å². The minimum atomic E-state index is -2.95. The van der Waals surface area contributed by atoms with E-state index in [4.69, 9.17) is 0 Å². The highest BCUT2D eigenvalue weighted by Crippen LogP contribution is 2.21. The van der Waals surface area contributed by atoms with Crippen LogP contribution in [0.4, 0.5) is 25.0 Å². The third-order valence-corrected chi connectivity index (χ3v) is 3.16. The molecule has 26 heavy (non-hydrogen) atoms. The van der Waals surface area contributed by atoms with Gasteiger partial charge in [-0.05, 0) is 30.3 Å². The Morgan fingerprint density at radius 2 is 1.73 bits per heavy atom. The number of amides is 3. The predicted molar refractivity (Wildman–Crippen MR) is 95.3 cm³/mol. The zero-order valence-corrected chi connectivity index (χ0v) is 13.8. The number of hydrogen-bond donors (Lipinski definition) is 3. The third kappa shape index (κ3) is 5.90. The van der Waals surface area contributed by atoms with Gasteiger partial charge in [-0.2, -0.15) is 8.78 Å². The molecule has 0 aliphatic rings. The molecule has 0 atom stereocenters. The van der Waals surface area contributed by atoms with Gasteiger partial charge in [-0.3, -0.25) is 4.79 Å². The highest BCUT2D eigenvalue weighted by atomic mass is 19.3. The summed E-state index contributed by atoms with van der Waals surface area (Å²) in [5, 5.41) is 7.62. The first-order valence-corrected chi connectivity index (χ1v) is 7.59. The highest BCUT2D eigenvalue weighted by molar-refractivity contribution is 6.02. The minimum absolute atomic E-state index is 0.0247. The molecule has 0 fully saturated rings. The molecule has 3 amide bonds. The Balaban J connectivity index is 2.04. The molecular weight excluding hydrogens is 344 g/mol. The number of nitrogens with one attached hydrogen (secondary N) is 3. The summed E-state index contributed by atoms with van der Waals surface area (Å²) in [6.45, 7) is -2.95. The Morgan fingerprint density at radius 3 is 2.42 bits per heavy atom. The van der Waals surface area contributed by atoms with Gasteiger partial charge < -0.3 is 20.7 Å². The normalized spacial score (nSPS) is 10.6.